The van der Waals surface area contributed by atoms with Crippen LogP contribution in [0.3, 0.4) is 0 Å². The maximum atomic E-state index is 12.6. The SMILES string of the molecule is CC(C)CC1Cn2nnc(C(=O)NCCc3c[nH]c4ccccc34)c2C(=O)N1. The number of benzene rings is 1. The monoisotopic (exact) mass is 380 g/mol. The van der Waals surface area contributed by atoms with Crippen LogP contribution in [-0.4, -0.2) is 44.4 Å². The van der Waals surface area contributed by atoms with Gasteiger partial charge in [-0.15, -0.1) is 5.10 Å². The fraction of sp³-hybridized carbons (Fsp3) is 0.400. The highest BCUT2D eigenvalue weighted by atomic mass is 16.2. The van der Waals surface area contributed by atoms with Crippen LogP contribution in [0.4, 0.5) is 0 Å². The molecule has 0 radical (unpaired) electrons. The Kier molecular flexibility index (Phi) is 4.85. The van der Waals surface area contributed by atoms with E-state index in [1.165, 1.54) is 0 Å². The first-order valence-corrected chi connectivity index (χ1v) is 9.60. The molecule has 4 rings (SSSR count). The lowest BCUT2D eigenvalue weighted by Crippen LogP contribution is -2.46. The molecule has 3 heterocycles. The fourth-order valence-corrected chi connectivity index (χ4v) is 3.76. The van der Waals surface area contributed by atoms with E-state index in [9.17, 15) is 9.59 Å². The van der Waals surface area contributed by atoms with Crippen molar-refractivity contribution in [1.82, 2.24) is 30.6 Å². The summed E-state index contributed by atoms with van der Waals surface area (Å²) in [5.41, 5.74) is 2.53. The summed E-state index contributed by atoms with van der Waals surface area (Å²) in [5.74, 6) is -0.204. The molecule has 1 aliphatic heterocycles. The van der Waals surface area contributed by atoms with Crippen molar-refractivity contribution < 1.29 is 9.59 Å². The van der Waals surface area contributed by atoms with Gasteiger partial charge in [-0.1, -0.05) is 37.3 Å². The van der Waals surface area contributed by atoms with Crippen molar-refractivity contribution in [1.29, 1.82) is 0 Å². The second-order valence-corrected chi connectivity index (χ2v) is 7.63. The summed E-state index contributed by atoms with van der Waals surface area (Å²) in [6, 6.07) is 8.06. The van der Waals surface area contributed by atoms with Gasteiger partial charge < -0.3 is 15.6 Å². The Balaban J connectivity index is 1.41. The summed E-state index contributed by atoms with van der Waals surface area (Å²) in [4.78, 5) is 28.3. The van der Waals surface area contributed by atoms with Crippen LogP contribution >= 0.6 is 0 Å². The van der Waals surface area contributed by atoms with Crippen molar-refractivity contribution in [3.05, 3.63) is 47.4 Å². The summed E-state index contributed by atoms with van der Waals surface area (Å²) in [6.45, 7) is 5.20. The minimum absolute atomic E-state index is 0.0134. The van der Waals surface area contributed by atoms with Crippen LogP contribution in [-0.2, 0) is 13.0 Å². The Labute approximate surface area is 162 Å². The predicted octanol–water partition coefficient (Wildman–Crippen LogP) is 1.89. The van der Waals surface area contributed by atoms with Crippen molar-refractivity contribution in [2.24, 2.45) is 5.92 Å². The van der Waals surface area contributed by atoms with E-state index in [1.54, 1.807) is 4.68 Å². The van der Waals surface area contributed by atoms with Gasteiger partial charge in [-0.2, -0.15) is 0 Å². The molecule has 28 heavy (non-hydrogen) atoms. The van der Waals surface area contributed by atoms with Crippen LogP contribution in [0.15, 0.2) is 30.5 Å². The highest BCUT2D eigenvalue weighted by molar-refractivity contribution is 6.05. The van der Waals surface area contributed by atoms with Crippen LogP contribution in [0.2, 0.25) is 0 Å². The molecule has 8 heteroatoms. The van der Waals surface area contributed by atoms with E-state index < -0.39 is 0 Å². The summed E-state index contributed by atoms with van der Waals surface area (Å²) in [6.07, 6.45) is 3.50. The number of rotatable bonds is 6. The van der Waals surface area contributed by atoms with Gasteiger partial charge >= 0.3 is 0 Å². The Morgan fingerprint density at radius 3 is 3.00 bits per heavy atom. The number of hydrogen-bond donors (Lipinski definition) is 3. The molecule has 0 bridgehead atoms. The third-order valence-corrected chi connectivity index (χ3v) is 5.00. The molecule has 2 aromatic heterocycles. The first-order chi connectivity index (χ1) is 13.5. The zero-order chi connectivity index (χ0) is 19.7. The normalized spacial score (nSPS) is 16.2. The van der Waals surface area contributed by atoms with Gasteiger partial charge in [0, 0.05) is 29.7 Å². The smallest absolute Gasteiger partial charge is 0.274 e. The average Bonchev–Trinajstić information content (AvgIpc) is 3.26. The third kappa shape index (κ3) is 3.49. The Bertz CT molecular complexity index is 1020. The van der Waals surface area contributed by atoms with Gasteiger partial charge in [0.25, 0.3) is 11.8 Å². The lowest BCUT2D eigenvalue weighted by atomic mass is 10.0. The number of nitrogens with one attached hydrogen (secondary N) is 3. The molecule has 1 unspecified atom stereocenters. The molecule has 0 saturated carbocycles. The van der Waals surface area contributed by atoms with E-state index in [-0.39, 0.29) is 29.2 Å². The fourth-order valence-electron chi connectivity index (χ4n) is 3.76. The molecule has 0 aliphatic carbocycles. The van der Waals surface area contributed by atoms with Gasteiger partial charge in [0.1, 0.15) is 0 Å². The number of carbonyl (C=O) groups is 2. The first kappa shape index (κ1) is 18.2. The molecule has 146 valence electrons. The van der Waals surface area contributed by atoms with Crippen LogP contribution in [0.25, 0.3) is 10.9 Å². The quantitative estimate of drug-likeness (QED) is 0.607. The average molecular weight is 380 g/mol. The number of hydrogen-bond acceptors (Lipinski definition) is 4. The van der Waals surface area contributed by atoms with Crippen molar-refractivity contribution in [3.63, 3.8) is 0 Å². The largest absolute Gasteiger partial charge is 0.361 e. The number of fused-ring (bicyclic) bond motifs is 2. The van der Waals surface area contributed by atoms with Crippen LogP contribution in [0.5, 0.6) is 0 Å². The Morgan fingerprint density at radius 1 is 1.36 bits per heavy atom. The molecule has 0 fully saturated rings. The number of para-hydroxylation sites is 1. The molecule has 1 atom stereocenters. The van der Waals surface area contributed by atoms with Crippen molar-refractivity contribution >= 4 is 22.7 Å². The van der Waals surface area contributed by atoms with Crippen molar-refractivity contribution in [2.45, 2.75) is 39.3 Å². The van der Waals surface area contributed by atoms with Crippen LogP contribution in [0.1, 0.15) is 46.8 Å². The molecule has 1 aliphatic rings. The standard InChI is InChI=1S/C20H24N6O2/c1-12(2)9-14-11-26-18(20(28)23-14)17(24-25-26)19(27)21-8-7-13-10-22-16-6-4-3-5-15(13)16/h3-6,10,12,14,22H,7-9,11H2,1-2H3,(H,21,27)(H,23,28). The molecule has 3 N–H and O–H groups in total. The molecular formula is C20H24N6O2. The number of H-pyrrole nitrogens is 1. The van der Waals surface area contributed by atoms with Gasteiger partial charge in [-0.25, -0.2) is 4.68 Å². The zero-order valence-electron chi connectivity index (χ0n) is 16.0. The molecule has 2 amide bonds. The second-order valence-electron chi connectivity index (χ2n) is 7.63. The molecule has 0 spiro atoms. The number of amides is 2. The number of nitrogens with zero attached hydrogens (tertiary/aromatic N) is 3. The van der Waals surface area contributed by atoms with E-state index >= 15 is 0 Å². The van der Waals surface area contributed by atoms with Crippen LogP contribution in [0, 0.1) is 5.92 Å². The molecule has 8 nitrogen and oxygen atoms in total. The Morgan fingerprint density at radius 2 is 2.18 bits per heavy atom. The summed E-state index contributed by atoms with van der Waals surface area (Å²) in [5, 5.41) is 14.9. The zero-order valence-corrected chi connectivity index (χ0v) is 16.0. The van der Waals surface area contributed by atoms with E-state index in [0.717, 1.165) is 22.9 Å². The maximum Gasteiger partial charge on any atom is 0.274 e. The van der Waals surface area contributed by atoms with Gasteiger partial charge in [0.2, 0.25) is 0 Å². The van der Waals surface area contributed by atoms with E-state index in [0.29, 0.717) is 25.4 Å². The lowest BCUT2D eigenvalue weighted by Gasteiger charge is -2.25. The van der Waals surface area contributed by atoms with Gasteiger partial charge in [-0.3, -0.25) is 9.59 Å². The van der Waals surface area contributed by atoms with Gasteiger partial charge in [-0.05, 0) is 30.4 Å². The minimum Gasteiger partial charge on any atom is -0.361 e. The van der Waals surface area contributed by atoms with E-state index in [1.807, 2.05) is 24.4 Å². The predicted molar refractivity (Wildman–Crippen MR) is 105 cm³/mol. The van der Waals surface area contributed by atoms with E-state index in [4.69, 9.17) is 0 Å². The molecule has 3 aromatic rings. The summed E-state index contributed by atoms with van der Waals surface area (Å²) >= 11 is 0. The second kappa shape index (κ2) is 7.46. The number of aromatic amines is 1. The van der Waals surface area contributed by atoms with Gasteiger partial charge in [0.05, 0.1) is 6.54 Å². The topological polar surface area (TPSA) is 105 Å². The van der Waals surface area contributed by atoms with Gasteiger partial charge in [0.15, 0.2) is 11.4 Å². The lowest BCUT2D eigenvalue weighted by molar-refractivity contribution is 0.0870. The third-order valence-electron chi connectivity index (χ3n) is 5.00. The summed E-state index contributed by atoms with van der Waals surface area (Å²) in [7, 11) is 0. The molecule has 1 aromatic carbocycles. The summed E-state index contributed by atoms with van der Waals surface area (Å²) < 4.78 is 1.54. The number of carbonyl (C=O) groups excluding carboxylic acids is 2. The highest BCUT2D eigenvalue weighted by Crippen LogP contribution is 2.18. The Hall–Kier alpha value is -3.16. The maximum absolute atomic E-state index is 12.6. The number of aromatic nitrogens is 4. The van der Waals surface area contributed by atoms with Crippen LogP contribution < -0.4 is 10.6 Å². The minimum atomic E-state index is -0.376. The highest BCUT2D eigenvalue weighted by Gasteiger charge is 2.32. The molecular weight excluding hydrogens is 356 g/mol. The van der Waals surface area contributed by atoms with E-state index in [2.05, 4.69) is 45.8 Å². The van der Waals surface area contributed by atoms with Crippen molar-refractivity contribution in [3.8, 4) is 0 Å². The molecule has 0 saturated heterocycles. The van der Waals surface area contributed by atoms with Crippen molar-refractivity contribution in [2.75, 3.05) is 6.54 Å². The first-order valence-electron chi connectivity index (χ1n) is 9.60.